The average Bonchev–Trinajstić information content (AvgIpc) is 3.23. The lowest BCUT2D eigenvalue weighted by Crippen LogP contribution is -2.52. The fraction of sp³-hybridized carbons (Fsp3) is 0.370. The summed E-state index contributed by atoms with van der Waals surface area (Å²) in [6.45, 7) is 5.79. The van der Waals surface area contributed by atoms with E-state index in [1.54, 1.807) is 37.4 Å². The van der Waals surface area contributed by atoms with Crippen LogP contribution in [0.25, 0.3) is 5.76 Å². The number of fused-ring (bicyclic) bond motifs is 2. The van der Waals surface area contributed by atoms with Crippen LogP contribution in [0.4, 0.5) is 5.69 Å². The van der Waals surface area contributed by atoms with E-state index in [4.69, 9.17) is 4.74 Å². The monoisotopic (exact) mass is 475 g/mol. The maximum Gasteiger partial charge on any atom is 0.296 e. The first-order valence-corrected chi connectivity index (χ1v) is 11.9. The number of benzene rings is 2. The molecule has 1 spiro atoms. The lowest BCUT2D eigenvalue weighted by Gasteiger charge is -2.35. The zero-order valence-corrected chi connectivity index (χ0v) is 20.0. The summed E-state index contributed by atoms with van der Waals surface area (Å²) in [5.41, 5.74) is 0.668. The number of para-hydroxylation sites is 1. The molecule has 3 aliphatic heterocycles. The molecular weight excluding hydrogens is 446 g/mol. The Kier molecular flexibility index (Phi) is 5.94. The number of carbonyl (C=O) groups is 3. The first-order valence-electron chi connectivity index (χ1n) is 11.9. The number of Topliss-reactive ketones (excluding diaryl/α,β-unsaturated/α-hetero) is 1. The first-order chi connectivity index (χ1) is 16.9. The van der Waals surface area contributed by atoms with Crippen molar-refractivity contribution < 1.29 is 24.2 Å². The molecule has 2 aromatic carbocycles. The Morgan fingerprint density at radius 3 is 2.40 bits per heavy atom. The second-order valence-electron chi connectivity index (χ2n) is 9.27. The first kappa shape index (κ1) is 23.3. The van der Waals surface area contributed by atoms with Crippen LogP contribution in [0.2, 0.25) is 0 Å². The van der Waals surface area contributed by atoms with Crippen molar-refractivity contribution in [3.63, 3.8) is 0 Å². The van der Waals surface area contributed by atoms with Crippen molar-refractivity contribution in [3.8, 4) is 0 Å². The van der Waals surface area contributed by atoms with Gasteiger partial charge in [-0.2, -0.15) is 0 Å². The summed E-state index contributed by atoms with van der Waals surface area (Å²) >= 11 is 0. The predicted molar refractivity (Wildman–Crippen MR) is 131 cm³/mol. The molecule has 0 radical (unpaired) electrons. The van der Waals surface area contributed by atoms with Crippen LogP contribution in [0.3, 0.4) is 0 Å². The molecule has 182 valence electrons. The van der Waals surface area contributed by atoms with E-state index in [0.717, 1.165) is 18.7 Å². The Balaban J connectivity index is 1.63. The number of likely N-dealkylation sites (N-methyl/N-ethyl adjacent to an activating group) is 1. The molecule has 5 rings (SSSR count). The number of carbonyl (C=O) groups excluding carboxylic acids is 3. The zero-order chi connectivity index (χ0) is 24.7. The molecule has 35 heavy (non-hydrogen) atoms. The molecule has 2 saturated heterocycles. The van der Waals surface area contributed by atoms with Crippen LogP contribution >= 0.6 is 0 Å². The second kappa shape index (κ2) is 8.94. The SMILES string of the molecule is Cc1ccc(/C(O)=C2\C(=O)C(=O)N(CCCN3CCOCC3)C23C(=O)N(C)c2ccccc23)cc1. The highest BCUT2D eigenvalue weighted by atomic mass is 16.5. The predicted octanol–water partition coefficient (Wildman–Crippen LogP) is 2.27. The van der Waals surface area contributed by atoms with E-state index in [0.29, 0.717) is 43.0 Å². The molecule has 1 unspecified atom stereocenters. The van der Waals surface area contributed by atoms with E-state index in [2.05, 4.69) is 4.90 Å². The molecule has 8 heteroatoms. The van der Waals surface area contributed by atoms with Crippen molar-refractivity contribution >= 4 is 29.0 Å². The maximum absolute atomic E-state index is 14.0. The lowest BCUT2D eigenvalue weighted by molar-refractivity contribution is -0.143. The number of hydrogen-bond donors (Lipinski definition) is 1. The van der Waals surface area contributed by atoms with Gasteiger partial charge in [0.15, 0.2) is 5.54 Å². The van der Waals surface area contributed by atoms with Crippen molar-refractivity contribution in [1.82, 2.24) is 9.80 Å². The average molecular weight is 476 g/mol. The number of rotatable bonds is 5. The minimum absolute atomic E-state index is 0.167. The standard InChI is InChI=1S/C27H29N3O5/c1-18-8-10-19(11-9-18)23(31)22-24(32)25(33)30(13-5-12-29-14-16-35-17-15-29)27(22)20-6-3-4-7-21(20)28(2)26(27)34/h3-4,6-11,31H,5,12-17H2,1-2H3/b23-22-. The highest BCUT2D eigenvalue weighted by molar-refractivity contribution is 6.50. The summed E-state index contributed by atoms with van der Waals surface area (Å²) in [4.78, 5) is 46.0. The molecule has 2 amide bonds. The van der Waals surface area contributed by atoms with Gasteiger partial charge in [0.2, 0.25) is 0 Å². The van der Waals surface area contributed by atoms with Gasteiger partial charge in [0.1, 0.15) is 5.76 Å². The third-order valence-corrected chi connectivity index (χ3v) is 7.22. The fourth-order valence-electron chi connectivity index (χ4n) is 5.40. The van der Waals surface area contributed by atoms with E-state index in [1.807, 2.05) is 25.1 Å². The van der Waals surface area contributed by atoms with Crippen LogP contribution in [0.15, 0.2) is 54.1 Å². The van der Waals surface area contributed by atoms with Crippen LogP contribution < -0.4 is 4.90 Å². The Labute approximate surface area is 204 Å². The van der Waals surface area contributed by atoms with Gasteiger partial charge in [-0.15, -0.1) is 0 Å². The van der Waals surface area contributed by atoms with Crippen molar-refractivity contribution in [1.29, 1.82) is 0 Å². The summed E-state index contributed by atoms with van der Waals surface area (Å²) in [7, 11) is 1.63. The van der Waals surface area contributed by atoms with Gasteiger partial charge in [-0.05, 0) is 19.4 Å². The van der Waals surface area contributed by atoms with E-state index >= 15 is 0 Å². The van der Waals surface area contributed by atoms with E-state index in [1.165, 1.54) is 9.80 Å². The molecule has 3 heterocycles. The number of nitrogens with zero attached hydrogens (tertiary/aromatic N) is 3. The van der Waals surface area contributed by atoms with E-state index < -0.39 is 23.1 Å². The third-order valence-electron chi connectivity index (χ3n) is 7.22. The molecule has 2 fully saturated rings. The Morgan fingerprint density at radius 1 is 1.00 bits per heavy atom. The number of amides is 2. The minimum atomic E-state index is -1.69. The van der Waals surface area contributed by atoms with Gasteiger partial charge in [0, 0.05) is 50.0 Å². The van der Waals surface area contributed by atoms with Gasteiger partial charge in [-0.1, -0.05) is 48.0 Å². The van der Waals surface area contributed by atoms with Crippen LogP contribution in [-0.4, -0.2) is 78.9 Å². The normalized spacial score (nSPS) is 24.0. The smallest absolute Gasteiger partial charge is 0.296 e. The number of aryl methyl sites for hydroxylation is 1. The molecule has 0 aliphatic carbocycles. The molecule has 3 aliphatic rings. The topological polar surface area (TPSA) is 90.4 Å². The summed E-state index contributed by atoms with van der Waals surface area (Å²) in [6.07, 6.45) is 0.582. The number of aliphatic hydroxyl groups excluding tert-OH is 1. The maximum atomic E-state index is 14.0. The van der Waals surface area contributed by atoms with Gasteiger partial charge >= 0.3 is 0 Å². The Hall–Kier alpha value is -3.49. The quantitative estimate of drug-likeness (QED) is 0.405. The van der Waals surface area contributed by atoms with Crippen molar-refractivity contribution in [2.45, 2.75) is 18.9 Å². The summed E-state index contributed by atoms with van der Waals surface area (Å²) in [5.74, 6) is -2.36. The molecule has 1 N–H and O–H groups in total. The summed E-state index contributed by atoms with van der Waals surface area (Å²) in [6, 6.07) is 14.2. The van der Waals surface area contributed by atoms with Gasteiger partial charge in [-0.3, -0.25) is 19.3 Å². The van der Waals surface area contributed by atoms with E-state index in [-0.39, 0.29) is 17.9 Å². The van der Waals surface area contributed by atoms with Crippen LogP contribution in [0.1, 0.15) is 23.1 Å². The number of ether oxygens (including phenoxy) is 1. The van der Waals surface area contributed by atoms with Crippen LogP contribution in [0.5, 0.6) is 0 Å². The zero-order valence-electron chi connectivity index (χ0n) is 20.0. The van der Waals surface area contributed by atoms with Crippen LogP contribution in [0, 0.1) is 6.92 Å². The highest BCUT2D eigenvalue weighted by Gasteiger charge is 2.66. The lowest BCUT2D eigenvalue weighted by atomic mass is 9.81. The molecule has 2 aromatic rings. The van der Waals surface area contributed by atoms with Crippen molar-refractivity contribution in [2.75, 3.05) is 51.3 Å². The van der Waals surface area contributed by atoms with Gasteiger partial charge in [0.05, 0.1) is 18.8 Å². The minimum Gasteiger partial charge on any atom is -0.507 e. The van der Waals surface area contributed by atoms with Gasteiger partial charge in [-0.25, -0.2) is 0 Å². The molecular formula is C27H29N3O5. The Bertz CT molecular complexity index is 1220. The summed E-state index contributed by atoms with van der Waals surface area (Å²) in [5, 5.41) is 11.4. The van der Waals surface area contributed by atoms with Crippen molar-refractivity contribution in [3.05, 3.63) is 70.8 Å². The van der Waals surface area contributed by atoms with E-state index in [9.17, 15) is 19.5 Å². The largest absolute Gasteiger partial charge is 0.507 e. The molecule has 8 nitrogen and oxygen atoms in total. The molecule has 0 saturated carbocycles. The number of ketones is 1. The fourth-order valence-corrected chi connectivity index (χ4v) is 5.40. The highest BCUT2D eigenvalue weighted by Crippen LogP contribution is 2.53. The number of hydrogen-bond acceptors (Lipinski definition) is 6. The van der Waals surface area contributed by atoms with Crippen LogP contribution in [-0.2, 0) is 24.7 Å². The van der Waals surface area contributed by atoms with Gasteiger partial charge < -0.3 is 19.6 Å². The Morgan fingerprint density at radius 2 is 1.69 bits per heavy atom. The second-order valence-corrected chi connectivity index (χ2v) is 9.27. The third kappa shape index (κ3) is 3.56. The number of morpholine rings is 1. The molecule has 1 atom stereocenters. The number of likely N-dealkylation sites (tertiary alicyclic amines) is 1. The van der Waals surface area contributed by atoms with Gasteiger partial charge in [0.25, 0.3) is 17.6 Å². The molecule has 0 bridgehead atoms. The number of anilines is 1. The summed E-state index contributed by atoms with van der Waals surface area (Å²) < 4.78 is 5.41. The molecule has 0 aromatic heterocycles. The van der Waals surface area contributed by atoms with Crippen molar-refractivity contribution in [2.24, 2.45) is 0 Å². The number of aliphatic hydroxyl groups is 1.